The van der Waals surface area contributed by atoms with Crippen LogP contribution in [-0.2, 0) is 39.7 Å². The molecule has 0 unspecified atom stereocenters. The molecular weight excluding hydrogens is 184 g/mol. The maximum atomic E-state index is 8.78. The van der Waals surface area contributed by atoms with E-state index in [9.17, 15) is 0 Å². The Morgan fingerprint density at radius 1 is 1.40 bits per heavy atom. The summed E-state index contributed by atoms with van der Waals surface area (Å²) in [6, 6.07) is 0. The molecule has 2 N–H and O–H groups in total. The van der Waals surface area contributed by atoms with Crippen molar-refractivity contribution in [2.24, 2.45) is 5.14 Å². The minimum absolute atomic E-state index is 0. The van der Waals surface area contributed by atoms with Crippen LogP contribution in [0, 0.1) is 0 Å². The van der Waals surface area contributed by atoms with E-state index in [1.54, 1.807) is 0 Å². The monoisotopic (exact) mass is 186 g/mol. The van der Waals surface area contributed by atoms with Crippen LogP contribution in [0.1, 0.15) is 0 Å². The summed E-state index contributed by atoms with van der Waals surface area (Å²) in [4.78, 5) is 0. The van der Waals surface area contributed by atoms with Crippen LogP contribution >= 0.6 is 0 Å². The Hall–Kier alpha value is 0.572. The SMILES string of the molecule is N[S-](=O)=O.[Pd]. The van der Waals surface area contributed by atoms with E-state index in [-0.39, 0.29) is 20.4 Å². The van der Waals surface area contributed by atoms with Crippen molar-refractivity contribution in [2.75, 3.05) is 0 Å². The van der Waals surface area contributed by atoms with Crippen molar-refractivity contribution in [1.82, 2.24) is 0 Å². The summed E-state index contributed by atoms with van der Waals surface area (Å²) >= 11 is 0. The first-order chi connectivity index (χ1) is 1.73. The molecule has 0 aromatic heterocycles. The maximum absolute atomic E-state index is 8.78. The third-order valence-corrected chi connectivity index (χ3v) is 0. The van der Waals surface area contributed by atoms with Crippen molar-refractivity contribution in [3.63, 3.8) is 0 Å². The normalized spacial score (nSPS) is 6.80. The van der Waals surface area contributed by atoms with Crippen LogP contribution in [0.4, 0.5) is 0 Å². The summed E-state index contributed by atoms with van der Waals surface area (Å²) in [6.07, 6.45) is 0. The molecule has 0 rings (SSSR count). The zero-order valence-corrected chi connectivity index (χ0v) is 4.49. The van der Waals surface area contributed by atoms with Gasteiger partial charge in [0.15, 0.2) is 0 Å². The molecule has 0 atom stereocenters. The minimum atomic E-state index is -2.36. The third kappa shape index (κ3) is 92.4. The smallest absolute Gasteiger partial charge is 0 e. The average Bonchev–Trinajstić information content (AvgIpc) is 0.811. The maximum Gasteiger partial charge on any atom is 0 e. The van der Waals surface area contributed by atoms with Gasteiger partial charge in [0.25, 0.3) is 0 Å². The van der Waals surface area contributed by atoms with E-state index < -0.39 is 10.9 Å². The van der Waals surface area contributed by atoms with E-state index in [1.165, 1.54) is 0 Å². The van der Waals surface area contributed by atoms with E-state index in [0.717, 1.165) is 0 Å². The van der Waals surface area contributed by atoms with Gasteiger partial charge in [-0.25, -0.2) is 0 Å². The van der Waals surface area contributed by atoms with Crippen LogP contribution in [0.15, 0.2) is 0 Å². The van der Waals surface area contributed by atoms with Gasteiger partial charge in [0, 0.05) is 20.4 Å². The molecule has 0 bridgehead atoms. The van der Waals surface area contributed by atoms with Gasteiger partial charge in [0.05, 0.1) is 0 Å². The number of hydrogen-bond acceptors (Lipinski definition) is 3. The van der Waals surface area contributed by atoms with Crippen molar-refractivity contribution >= 4 is 10.9 Å². The van der Waals surface area contributed by atoms with E-state index in [4.69, 9.17) is 8.42 Å². The Morgan fingerprint density at radius 2 is 1.40 bits per heavy atom. The largest absolute Gasteiger partial charge is 0.409 e. The second-order valence-corrected chi connectivity index (χ2v) is 0.781. The first-order valence-corrected chi connectivity index (χ1v) is 1.71. The van der Waals surface area contributed by atoms with E-state index >= 15 is 0 Å². The summed E-state index contributed by atoms with van der Waals surface area (Å²) in [7, 11) is -2.36. The van der Waals surface area contributed by atoms with Gasteiger partial charge in [0.2, 0.25) is 0 Å². The average molecular weight is 187 g/mol. The molecule has 5 heavy (non-hydrogen) atoms. The fraction of sp³-hybridized carbons (Fsp3) is 0. The van der Waals surface area contributed by atoms with E-state index in [0.29, 0.717) is 0 Å². The molecule has 5 heteroatoms. The topological polar surface area (TPSA) is 60.2 Å². The predicted octanol–water partition coefficient (Wildman–Crippen LogP) is -0.833. The molecule has 0 saturated heterocycles. The summed E-state index contributed by atoms with van der Waals surface area (Å²) in [6.45, 7) is 0. The van der Waals surface area contributed by atoms with Crippen molar-refractivity contribution < 1.29 is 28.8 Å². The Labute approximate surface area is 45.3 Å². The van der Waals surface area contributed by atoms with Crippen LogP contribution < -0.4 is 5.14 Å². The van der Waals surface area contributed by atoms with Crippen molar-refractivity contribution in [3.05, 3.63) is 0 Å². The zero-order chi connectivity index (χ0) is 3.58. The van der Waals surface area contributed by atoms with Gasteiger partial charge in [-0.05, 0) is 10.9 Å². The minimum Gasteiger partial charge on any atom is -0.409 e. The molecule has 0 aromatic carbocycles. The first kappa shape index (κ1) is 9.13. The molecule has 0 aliphatic heterocycles. The van der Waals surface area contributed by atoms with Crippen LogP contribution in [0.5, 0.6) is 0 Å². The summed E-state index contributed by atoms with van der Waals surface area (Å²) < 4.78 is 17.6. The molecule has 0 amide bonds. The quantitative estimate of drug-likeness (QED) is 0.396. The van der Waals surface area contributed by atoms with Gasteiger partial charge in [-0.2, -0.15) is 0 Å². The van der Waals surface area contributed by atoms with Crippen LogP contribution in [-0.4, -0.2) is 0 Å². The van der Waals surface area contributed by atoms with Crippen LogP contribution in [0.3, 0.4) is 0 Å². The molecule has 0 aliphatic rings. The molecule has 0 spiro atoms. The second kappa shape index (κ2) is 4.57. The molecule has 0 heterocycles. The molecule has 36 valence electrons. The molecule has 3 nitrogen and oxygen atoms in total. The number of nitrogens with two attached hydrogens (primary N) is 1. The molecule has 0 radical (unpaired) electrons. The van der Waals surface area contributed by atoms with Crippen molar-refractivity contribution in [1.29, 1.82) is 0 Å². The fourth-order valence-electron chi connectivity index (χ4n) is 0. The van der Waals surface area contributed by atoms with Crippen LogP contribution in [0.2, 0.25) is 0 Å². The predicted molar refractivity (Wildman–Crippen MR) is 12.9 cm³/mol. The number of hydrogen-bond donors (Lipinski definition) is 1. The van der Waals surface area contributed by atoms with Gasteiger partial charge in [0.1, 0.15) is 0 Å². The molecule has 0 fully saturated rings. The summed E-state index contributed by atoms with van der Waals surface area (Å²) in [5, 5.41) is 4.03. The molecule has 0 aliphatic carbocycles. The fourth-order valence-corrected chi connectivity index (χ4v) is 0. The van der Waals surface area contributed by atoms with E-state index in [2.05, 4.69) is 5.14 Å². The summed E-state index contributed by atoms with van der Waals surface area (Å²) in [5.74, 6) is 0. The van der Waals surface area contributed by atoms with Crippen molar-refractivity contribution in [2.45, 2.75) is 0 Å². The van der Waals surface area contributed by atoms with Gasteiger partial charge in [-0.1, -0.05) is 0 Å². The second-order valence-electron chi connectivity index (χ2n) is 0.260. The van der Waals surface area contributed by atoms with E-state index in [1.807, 2.05) is 0 Å². The molecule has 0 saturated carbocycles. The Kier molecular flexibility index (Phi) is 8.35. The first-order valence-electron chi connectivity index (χ1n) is 0.569. The standard InChI is InChI=1S/H2NO2S.Pd/c1-4(2)3;/h(H2,1,2,3);/q-1;. The van der Waals surface area contributed by atoms with Gasteiger partial charge < -0.3 is 13.6 Å². The Bertz CT molecular complexity index is 58.0. The van der Waals surface area contributed by atoms with Crippen LogP contribution in [0.25, 0.3) is 0 Å². The Morgan fingerprint density at radius 3 is 1.40 bits per heavy atom. The van der Waals surface area contributed by atoms with Gasteiger partial charge in [-0.15, -0.1) is 0 Å². The zero-order valence-electron chi connectivity index (χ0n) is 2.12. The molecule has 0 aromatic rings. The van der Waals surface area contributed by atoms with Gasteiger partial charge >= 0.3 is 0 Å². The Balaban J connectivity index is 0. The number of rotatable bonds is 0. The van der Waals surface area contributed by atoms with Gasteiger partial charge in [-0.3, -0.25) is 0 Å². The molecular formula is H2NO2PdS-. The summed E-state index contributed by atoms with van der Waals surface area (Å²) in [5.41, 5.74) is 0. The third-order valence-electron chi connectivity index (χ3n) is 0. The van der Waals surface area contributed by atoms with Crippen molar-refractivity contribution in [3.8, 4) is 0 Å².